The van der Waals surface area contributed by atoms with Gasteiger partial charge in [-0.15, -0.1) is 11.3 Å². The molecule has 0 spiro atoms. The SMILES string of the molecule is Cc1cc(C)n(CCCNc2ncnc3ccsc23)n1. The summed E-state index contributed by atoms with van der Waals surface area (Å²) in [7, 11) is 0. The lowest BCUT2D eigenvalue weighted by atomic mass is 10.3. The molecule has 0 bridgehead atoms. The van der Waals surface area contributed by atoms with E-state index in [2.05, 4.69) is 38.1 Å². The van der Waals surface area contributed by atoms with Gasteiger partial charge in [0.25, 0.3) is 0 Å². The molecular formula is C14H17N5S. The normalized spacial score (nSPS) is 11.1. The van der Waals surface area contributed by atoms with Crippen LogP contribution in [-0.4, -0.2) is 26.3 Å². The molecule has 0 aliphatic carbocycles. The molecule has 0 aliphatic rings. The van der Waals surface area contributed by atoms with Crippen LogP contribution in [-0.2, 0) is 6.54 Å². The highest BCUT2D eigenvalue weighted by Gasteiger charge is 2.04. The van der Waals surface area contributed by atoms with Gasteiger partial charge in [0.2, 0.25) is 0 Å². The van der Waals surface area contributed by atoms with Gasteiger partial charge in [-0.05, 0) is 37.8 Å². The van der Waals surface area contributed by atoms with Crippen LogP contribution in [0, 0.1) is 13.8 Å². The minimum Gasteiger partial charge on any atom is -0.369 e. The molecule has 0 radical (unpaired) electrons. The van der Waals surface area contributed by atoms with Gasteiger partial charge in [-0.1, -0.05) is 0 Å². The van der Waals surface area contributed by atoms with Crippen LogP contribution in [0.2, 0.25) is 0 Å². The largest absolute Gasteiger partial charge is 0.369 e. The number of rotatable bonds is 5. The monoisotopic (exact) mass is 287 g/mol. The average molecular weight is 287 g/mol. The number of hydrogen-bond donors (Lipinski definition) is 1. The molecule has 0 unspecified atom stereocenters. The van der Waals surface area contributed by atoms with Crippen molar-refractivity contribution in [3.63, 3.8) is 0 Å². The van der Waals surface area contributed by atoms with Crippen LogP contribution < -0.4 is 5.32 Å². The van der Waals surface area contributed by atoms with Crippen LogP contribution in [0.5, 0.6) is 0 Å². The van der Waals surface area contributed by atoms with Gasteiger partial charge in [0.1, 0.15) is 12.1 Å². The third-order valence-corrected chi connectivity index (χ3v) is 4.10. The summed E-state index contributed by atoms with van der Waals surface area (Å²) >= 11 is 1.67. The van der Waals surface area contributed by atoms with Crippen LogP contribution >= 0.6 is 11.3 Å². The number of thiophene rings is 1. The first-order chi connectivity index (χ1) is 9.74. The Morgan fingerprint density at radius 2 is 2.20 bits per heavy atom. The molecule has 0 amide bonds. The quantitative estimate of drug-likeness (QED) is 0.733. The van der Waals surface area contributed by atoms with E-state index < -0.39 is 0 Å². The summed E-state index contributed by atoms with van der Waals surface area (Å²) < 4.78 is 3.18. The van der Waals surface area contributed by atoms with Gasteiger partial charge in [-0.25, -0.2) is 9.97 Å². The summed E-state index contributed by atoms with van der Waals surface area (Å²) in [5.41, 5.74) is 3.29. The average Bonchev–Trinajstić information content (AvgIpc) is 3.01. The molecule has 6 heteroatoms. The van der Waals surface area contributed by atoms with E-state index in [0.717, 1.165) is 41.2 Å². The summed E-state index contributed by atoms with van der Waals surface area (Å²) in [6.45, 7) is 5.91. The predicted molar refractivity (Wildman–Crippen MR) is 82.2 cm³/mol. The number of hydrogen-bond acceptors (Lipinski definition) is 5. The Morgan fingerprint density at radius 1 is 1.30 bits per heavy atom. The molecular weight excluding hydrogens is 270 g/mol. The summed E-state index contributed by atoms with van der Waals surface area (Å²) in [5.74, 6) is 0.929. The van der Waals surface area contributed by atoms with Gasteiger partial charge >= 0.3 is 0 Å². The fourth-order valence-corrected chi connectivity index (χ4v) is 3.06. The number of anilines is 1. The molecule has 1 N–H and O–H groups in total. The van der Waals surface area contributed by atoms with Crippen molar-refractivity contribution >= 4 is 27.4 Å². The number of nitrogens with zero attached hydrogens (tertiary/aromatic N) is 4. The van der Waals surface area contributed by atoms with Crippen molar-refractivity contribution in [2.45, 2.75) is 26.8 Å². The van der Waals surface area contributed by atoms with Crippen LogP contribution in [0.1, 0.15) is 17.8 Å². The van der Waals surface area contributed by atoms with Gasteiger partial charge in [0, 0.05) is 18.8 Å². The molecule has 3 heterocycles. The molecule has 0 atom stereocenters. The second-order valence-electron chi connectivity index (χ2n) is 4.79. The maximum absolute atomic E-state index is 4.46. The van der Waals surface area contributed by atoms with E-state index in [-0.39, 0.29) is 0 Å². The minimum atomic E-state index is 0.877. The summed E-state index contributed by atoms with van der Waals surface area (Å²) in [6, 6.07) is 4.12. The van der Waals surface area contributed by atoms with E-state index in [1.807, 2.05) is 18.4 Å². The maximum Gasteiger partial charge on any atom is 0.147 e. The molecule has 0 saturated carbocycles. The first-order valence-corrected chi connectivity index (χ1v) is 7.55. The van der Waals surface area contributed by atoms with E-state index in [1.165, 1.54) is 5.69 Å². The third kappa shape index (κ3) is 2.65. The zero-order valence-corrected chi connectivity index (χ0v) is 12.4. The number of aromatic nitrogens is 4. The van der Waals surface area contributed by atoms with Gasteiger partial charge in [0.15, 0.2) is 0 Å². The summed E-state index contributed by atoms with van der Waals surface area (Å²) in [5, 5.41) is 9.89. The van der Waals surface area contributed by atoms with E-state index in [1.54, 1.807) is 17.7 Å². The smallest absolute Gasteiger partial charge is 0.147 e. The van der Waals surface area contributed by atoms with Crippen molar-refractivity contribution in [1.29, 1.82) is 0 Å². The van der Waals surface area contributed by atoms with Gasteiger partial charge in [-0.3, -0.25) is 4.68 Å². The van der Waals surface area contributed by atoms with E-state index in [4.69, 9.17) is 0 Å². The molecule has 0 aromatic carbocycles. The standard InChI is InChI=1S/C14H17N5S/c1-10-8-11(2)19(18-10)6-3-5-15-14-13-12(4-7-20-13)16-9-17-14/h4,7-9H,3,5-6H2,1-2H3,(H,15,16,17). The Balaban J connectivity index is 1.58. The first-order valence-electron chi connectivity index (χ1n) is 6.67. The highest BCUT2D eigenvalue weighted by atomic mass is 32.1. The highest BCUT2D eigenvalue weighted by Crippen LogP contribution is 2.24. The van der Waals surface area contributed by atoms with Crippen molar-refractivity contribution in [3.8, 4) is 0 Å². The number of nitrogens with one attached hydrogen (secondary N) is 1. The zero-order chi connectivity index (χ0) is 13.9. The van der Waals surface area contributed by atoms with Crippen LogP contribution in [0.3, 0.4) is 0 Å². The van der Waals surface area contributed by atoms with Crippen molar-refractivity contribution < 1.29 is 0 Å². The van der Waals surface area contributed by atoms with Gasteiger partial charge in [-0.2, -0.15) is 5.10 Å². The molecule has 3 aromatic heterocycles. The third-order valence-electron chi connectivity index (χ3n) is 3.19. The number of fused-ring (bicyclic) bond motifs is 1. The molecule has 20 heavy (non-hydrogen) atoms. The van der Waals surface area contributed by atoms with E-state index >= 15 is 0 Å². The van der Waals surface area contributed by atoms with E-state index in [9.17, 15) is 0 Å². The Kier molecular flexibility index (Phi) is 3.64. The van der Waals surface area contributed by atoms with Crippen molar-refractivity contribution in [2.24, 2.45) is 0 Å². The molecule has 104 valence electrons. The van der Waals surface area contributed by atoms with E-state index in [0.29, 0.717) is 0 Å². The highest BCUT2D eigenvalue weighted by molar-refractivity contribution is 7.17. The Hall–Kier alpha value is -1.95. The van der Waals surface area contributed by atoms with Crippen LogP contribution in [0.25, 0.3) is 10.2 Å². The van der Waals surface area contributed by atoms with Gasteiger partial charge in [0.05, 0.1) is 15.9 Å². The molecule has 0 fully saturated rings. The minimum absolute atomic E-state index is 0.877. The lowest BCUT2D eigenvalue weighted by molar-refractivity contribution is 0.573. The van der Waals surface area contributed by atoms with Crippen LogP contribution in [0.15, 0.2) is 23.8 Å². The topological polar surface area (TPSA) is 55.6 Å². The van der Waals surface area contributed by atoms with Crippen molar-refractivity contribution in [3.05, 3.63) is 35.2 Å². The summed E-state index contributed by atoms with van der Waals surface area (Å²) in [4.78, 5) is 8.55. The lowest BCUT2D eigenvalue weighted by Crippen LogP contribution is -2.09. The Bertz CT molecular complexity index is 715. The molecule has 0 aliphatic heterocycles. The first kappa shape index (κ1) is 13.1. The second-order valence-corrected chi connectivity index (χ2v) is 5.70. The summed E-state index contributed by atoms with van der Waals surface area (Å²) in [6.07, 6.45) is 2.62. The molecule has 3 aromatic rings. The predicted octanol–water partition coefficient (Wildman–Crippen LogP) is 3.01. The second kappa shape index (κ2) is 5.58. The number of aryl methyl sites for hydroxylation is 3. The maximum atomic E-state index is 4.46. The fourth-order valence-electron chi connectivity index (χ4n) is 2.25. The van der Waals surface area contributed by atoms with Crippen LogP contribution in [0.4, 0.5) is 5.82 Å². The van der Waals surface area contributed by atoms with Crippen molar-refractivity contribution in [2.75, 3.05) is 11.9 Å². The molecule has 5 nitrogen and oxygen atoms in total. The zero-order valence-electron chi connectivity index (χ0n) is 11.6. The fraction of sp³-hybridized carbons (Fsp3) is 0.357. The van der Waals surface area contributed by atoms with Gasteiger partial charge < -0.3 is 5.32 Å². The molecule has 3 rings (SSSR count). The Morgan fingerprint density at radius 3 is 3.00 bits per heavy atom. The Labute approximate surface area is 121 Å². The van der Waals surface area contributed by atoms with Crippen molar-refractivity contribution in [1.82, 2.24) is 19.7 Å². The lowest BCUT2D eigenvalue weighted by Gasteiger charge is -2.07. The molecule has 0 saturated heterocycles.